The van der Waals surface area contributed by atoms with Crippen LogP contribution in [0.1, 0.15) is 5.82 Å². The highest BCUT2D eigenvalue weighted by molar-refractivity contribution is 5.82. The summed E-state index contributed by atoms with van der Waals surface area (Å²) in [5, 5.41) is 18.8. The molecular weight excluding hydrogens is 328 g/mol. The number of anilines is 2. The number of rotatable bonds is 3. The van der Waals surface area contributed by atoms with E-state index in [0.29, 0.717) is 11.5 Å². The van der Waals surface area contributed by atoms with Gasteiger partial charge in [-0.1, -0.05) is 18.2 Å². The molecule has 0 radical (unpaired) electrons. The average Bonchev–Trinajstić information content (AvgIpc) is 3.25. The van der Waals surface area contributed by atoms with E-state index in [1.807, 2.05) is 49.4 Å². The number of benzene rings is 2. The van der Waals surface area contributed by atoms with Crippen molar-refractivity contribution in [2.75, 3.05) is 5.32 Å². The van der Waals surface area contributed by atoms with Gasteiger partial charge in [0.2, 0.25) is 0 Å². The Morgan fingerprint density at radius 1 is 0.962 bits per heavy atom. The molecule has 0 fully saturated rings. The van der Waals surface area contributed by atoms with Crippen LogP contribution in [0.15, 0.2) is 60.7 Å². The number of imidazole rings is 1. The molecule has 0 saturated carbocycles. The lowest BCUT2D eigenvalue weighted by Crippen LogP contribution is -2.00. The standard InChI is InChI=1S/C18H14N8/c1-12-19-15-11-13(20-17-9-10-18-21-23-24-26(18)22-17)7-8-16(15)25(12)14-5-3-2-4-6-14/h2-11H,1H3,(H,20,22). The molecule has 3 heterocycles. The predicted octanol–water partition coefficient (Wildman–Crippen LogP) is 2.91. The third-order valence-corrected chi connectivity index (χ3v) is 4.18. The molecule has 5 aromatic rings. The highest BCUT2D eigenvalue weighted by Crippen LogP contribution is 2.25. The van der Waals surface area contributed by atoms with Crippen LogP contribution in [-0.4, -0.2) is 34.8 Å². The quantitative estimate of drug-likeness (QED) is 0.542. The average molecular weight is 342 g/mol. The molecule has 0 aliphatic carbocycles. The SMILES string of the molecule is Cc1nc2cc(Nc3ccc4nnnn4n3)ccc2n1-c1ccccc1. The summed E-state index contributed by atoms with van der Waals surface area (Å²) in [5.74, 6) is 1.60. The van der Waals surface area contributed by atoms with Crippen LogP contribution < -0.4 is 5.32 Å². The van der Waals surface area contributed by atoms with E-state index in [1.54, 1.807) is 0 Å². The second-order valence-electron chi connectivity index (χ2n) is 5.90. The van der Waals surface area contributed by atoms with Crippen LogP contribution in [-0.2, 0) is 0 Å². The number of hydrogen-bond acceptors (Lipinski definition) is 6. The van der Waals surface area contributed by atoms with Gasteiger partial charge in [-0.15, -0.1) is 14.8 Å². The highest BCUT2D eigenvalue weighted by atomic mass is 15.6. The molecule has 0 aliphatic heterocycles. The zero-order valence-electron chi connectivity index (χ0n) is 13.9. The van der Waals surface area contributed by atoms with Crippen LogP contribution in [0.2, 0.25) is 0 Å². The van der Waals surface area contributed by atoms with Gasteiger partial charge < -0.3 is 5.32 Å². The number of para-hydroxylation sites is 1. The maximum Gasteiger partial charge on any atom is 0.200 e. The van der Waals surface area contributed by atoms with Gasteiger partial charge in [0.1, 0.15) is 5.82 Å². The first-order valence-electron chi connectivity index (χ1n) is 8.15. The Hall–Kier alpha value is -3.81. The van der Waals surface area contributed by atoms with Gasteiger partial charge in [0.25, 0.3) is 0 Å². The molecule has 1 N–H and O–H groups in total. The second-order valence-corrected chi connectivity index (χ2v) is 5.90. The largest absolute Gasteiger partial charge is 0.339 e. The van der Waals surface area contributed by atoms with Gasteiger partial charge in [-0.2, -0.15) is 0 Å². The molecule has 26 heavy (non-hydrogen) atoms. The van der Waals surface area contributed by atoms with Crippen molar-refractivity contribution in [3.63, 3.8) is 0 Å². The third-order valence-electron chi connectivity index (χ3n) is 4.18. The van der Waals surface area contributed by atoms with Crippen LogP contribution >= 0.6 is 0 Å². The number of hydrogen-bond donors (Lipinski definition) is 1. The minimum atomic E-state index is 0.600. The maximum atomic E-state index is 4.70. The van der Waals surface area contributed by atoms with Crippen molar-refractivity contribution in [2.24, 2.45) is 0 Å². The van der Waals surface area contributed by atoms with Crippen molar-refractivity contribution in [3.8, 4) is 5.69 Å². The van der Waals surface area contributed by atoms with E-state index < -0.39 is 0 Å². The second kappa shape index (κ2) is 5.62. The zero-order valence-corrected chi connectivity index (χ0v) is 13.9. The normalized spacial score (nSPS) is 11.3. The summed E-state index contributed by atoms with van der Waals surface area (Å²) in [6, 6.07) is 19.9. The Balaban J connectivity index is 1.54. The fourth-order valence-corrected chi connectivity index (χ4v) is 3.05. The van der Waals surface area contributed by atoms with Crippen molar-refractivity contribution < 1.29 is 0 Å². The minimum absolute atomic E-state index is 0.600. The van der Waals surface area contributed by atoms with Crippen LogP contribution in [0.25, 0.3) is 22.4 Å². The minimum Gasteiger partial charge on any atom is -0.339 e. The Morgan fingerprint density at radius 2 is 1.85 bits per heavy atom. The number of tetrazole rings is 1. The lowest BCUT2D eigenvalue weighted by molar-refractivity contribution is 0.736. The van der Waals surface area contributed by atoms with Gasteiger partial charge in [-0.05, 0) is 59.8 Å². The molecule has 0 bridgehead atoms. The molecule has 0 amide bonds. The van der Waals surface area contributed by atoms with Crippen molar-refractivity contribution in [1.82, 2.24) is 34.8 Å². The van der Waals surface area contributed by atoms with Crippen molar-refractivity contribution in [1.29, 1.82) is 0 Å². The molecule has 0 unspecified atom stereocenters. The monoisotopic (exact) mass is 342 g/mol. The van der Waals surface area contributed by atoms with E-state index in [2.05, 4.69) is 48.7 Å². The van der Waals surface area contributed by atoms with Crippen molar-refractivity contribution in [3.05, 3.63) is 66.5 Å². The Morgan fingerprint density at radius 3 is 2.73 bits per heavy atom. The molecule has 5 rings (SSSR count). The summed E-state index contributed by atoms with van der Waals surface area (Å²) in [6.45, 7) is 2.01. The van der Waals surface area contributed by atoms with Crippen molar-refractivity contribution >= 4 is 28.2 Å². The molecule has 0 spiro atoms. The predicted molar refractivity (Wildman–Crippen MR) is 97.7 cm³/mol. The van der Waals surface area contributed by atoms with Crippen LogP contribution in [0.4, 0.5) is 11.5 Å². The van der Waals surface area contributed by atoms with Gasteiger partial charge >= 0.3 is 0 Å². The molecule has 8 heteroatoms. The van der Waals surface area contributed by atoms with Crippen LogP contribution in [0.5, 0.6) is 0 Å². The zero-order chi connectivity index (χ0) is 17.5. The Labute approximate surface area is 148 Å². The molecule has 0 saturated heterocycles. The summed E-state index contributed by atoms with van der Waals surface area (Å²) in [6.07, 6.45) is 0. The number of nitrogens with one attached hydrogen (secondary N) is 1. The maximum absolute atomic E-state index is 4.70. The molecule has 126 valence electrons. The number of aryl methyl sites for hydroxylation is 1. The summed E-state index contributed by atoms with van der Waals surface area (Å²) in [4.78, 5) is 4.70. The highest BCUT2D eigenvalue weighted by Gasteiger charge is 2.10. The smallest absolute Gasteiger partial charge is 0.200 e. The molecular formula is C18H14N8. The summed E-state index contributed by atoms with van der Waals surface area (Å²) >= 11 is 0. The summed E-state index contributed by atoms with van der Waals surface area (Å²) in [7, 11) is 0. The molecule has 8 nitrogen and oxygen atoms in total. The van der Waals surface area contributed by atoms with E-state index in [1.165, 1.54) is 4.63 Å². The lowest BCUT2D eigenvalue weighted by Gasteiger charge is -2.08. The molecule has 3 aromatic heterocycles. The van der Waals surface area contributed by atoms with E-state index in [0.717, 1.165) is 28.2 Å². The van der Waals surface area contributed by atoms with E-state index in [-0.39, 0.29) is 0 Å². The third kappa shape index (κ3) is 2.35. The Bertz CT molecular complexity index is 1220. The number of nitrogens with zero attached hydrogens (tertiary/aromatic N) is 7. The first-order chi connectivity index (χ1) is 12.8. The summed E-state index contributed by atoms with van der Waals surface area (Å²) < 4.78 is 3.53. The molecule has 2 aromatic carbocycles. The fourth-order valence-electron chi connectivity index (χ4n) is 3.05. The Kier molecular flexibility index (Phi) is 3.14. The van der Waals surface area contributed by atoms with E-state index in [9.17, 15) is 0 Å². The van der Waals surface area contributed by atoms with Gasteiger partial charge in [0.05, 0.1) is 11.0 Å². The van der Waals surface area contributed by atoms with Crippen molar-refractivity contribution in [2.45, 2.75) is 6.92 Å². The topological polar surface area (TPSA) is 85.8 Å². The van der Waals surface area contributed by atoms with E-state index >= 15 is 0 Å². The fraction of sp³-hybridized carbons (Fsp3) is 0.0556. The number of aromatic nitrogens is 7. The van der Waals surface area contributed by atoms with Gasteiger partial charge in [-0.25, -0.2) is 4.98 Å². The first-order valence-corrected chi connectivity index (χ1v) is 8.15. The van der Waals surface area contributed by atoms with Crippen LogP contribution in [0.3, 0.4) is 0 Å². The van der Waals surface area contributed by atoms with Gasteiger partial charge in [0, 0.05) is 11.4 Å². The van der Waals surface area contributed by atoms with Gasteiger partial charge in [-0.3, -0.25) is 4.57 Å². The van der Waals surface area contributed by atoms with E-state index in [4.69, 9.17) is 4.98 Å². The first kappa shape index (κ1) is 14.5. The van der Waals surface area contributed by atoms with Crippen LogP contribution in [0, 0.1) is 6.92 Å². The van der Waals surface area contributed by atoms with Gasteiger partial charge in [0.15, 0.2) is 11.5 Å². The summed E-state index contributed by atoms with van der Waals surface area (Å²) in [5.41, 5.74) is 4.57. The molecule has 0 atom stereocenters. The number of fused-ring (bicyclic) bond motifs is 2. The lowest BCUT2D eigenvalue weighted by atomic mass is 10.2. The molecule has 0 aliphatic rings.